The first-order valence-electron chi connectivity index (χ1n) is 15.6. The van der Waals surface area contributed by atoms with E-state index in [0.717, 1.165) is 66.7 Å². The number of thiophene rings is 1. The highest BCUT2D eigenvalue weighted by Crippen LogP contribution is 2.38. The lowest BCUT2D eigenvalue weighted by atomic mass is 9.71. The van der Waals surface area contributed by atoms with E-state index in [1.54, 1.807) is 0 Å². The molecule has 6 nitrogen and oxygen atoms in total. The number of piperidine rings is 1. The number of amides is 1. The molecule has 8 heteroatoms. The zero-order valence-corrected chi connectivity index (χ0v) is 26.2. The maximum atomic E-state index is 13.9. The molecule has 2 aliphatic rings. The number of fused-ring (bicyclic) bond motifs is 2. The van der Waals surface area contributed by atoms with Crippen LogP contribution in [0.15, 0.2) is 53.5 Å². The van der Waals surface area contributed by atoms with Gasteiger partial charge in [-0.3, -0.25) is 9.59 Å². The number of carbonyl (C=O) groups is 1. The van der Waals surface area contributed by atoms with E-state index in [-0.39, 0.29) is 17.4 Å². The van der Waals surface area contributed by atoms with Crippen LogP contribution in [0.5, 0.6) is 0 Å². The van der Waals surface area contributed by atoms with E-state index in [9.17, 15) is 14.0 Å². The molecule has 0 bridgehead atoms. The fourth-order valence-electron chi connectivity index (χ4n) is 6.55. The topological polar surface area (TPSA) is 78.1 Å². The maximum absolute atomic E-state index is 13.9. The summed E-state index contributed by atoms with van der Waals surface area (Å²) in [6.07, 6.45) is 9.22. The van der Waals surface area contributed by atoms with Gasteiger partial charge in [0.05, 0.1) is 10.9 Å². The van der Waals surface area contributed by atoms with Gasteiger partial charge in [0.2, 0.25) is 0 Å². The van der Waals surface area contributed by atoms with Crippen molar-refractivity contribution in [2.75, 3.05) is 19.6 Å². The third kappa shape index (κ3) is 6.75. The Kier molecular flexibility index (Phi) is 8.51. The van der Waals surface area contributed by atoms with Crippen molar-refractivity contribution in [1.29, 1.82) is 0 Å². The number of halogens is 1. The van der Waals surface area contributed by atoms with Gasteiger partial charge in [-0.15, -0.1) is 11.3 Å². The number of rotatable bonds is 7. The lowest BCUT2D eigenvalue weighted by Crippen LogP contribution is -2.35. The van der Waals surface area contributed by atoms with Crippen LogP contribution >= 0.6 is 11.3 Å². The fourth-order valence-corrected chi connectivity index (χ4v) is 7.49. The number of nitrogens with one attached hydrogen (secondary N) is 2. The third-order valence-corrected chi connectivity index (χ3v) is 10.4. The Bertz CT molecular complexity index is 1660. The molecule has 1 amide bonds. The van der Waals surface area contributed by atoms with Crippen molar-refractivity contribution in [3.8, 4) is 11.1 Å². The Hall–Kier alpha value is -3.36. The molecule has 226 valence electrons. The zero-order valence-electron chi connectivity index (χ0n) is 25.3. The lowest BCUT2D eigenvalue weighted by molar-refractivity contribution is 0.0934. The molecule has 0 radical (unpaired) electrons. The molecule has 4 aromatic rings. The standard InChI is InChI=1S/C35H41FN4O2S/c1-35(2,3)27-11-12-29-24(18-27)17-25-20-31(43-34(25)39-29)33(42)38-30(13-16-40-14-5-4-6-15-40)23-9-7-22(8-10-23)26-19-28(36)32(41)37-21-26/h7-10,17,19-21,27,30H,4-6,11-16,18H2,1-3H3,(H,37,41)(H,38,42)/t27-,30+/m0/s1. The first kappa shape index (κ1) is 29.7. The van der Waals surface area contributed by atoms with Crippen molar-refractivity contribution < 1.29 is 9.18 Å². The molecule has 1 aliphatic carbocycles. The molecule has 4 heterocycles. The fraction of sp³-hybridized carbons (Fsp3) is 0.457. The Labute approximate surface area is 256 Å². The van der Waals surface area contributed by atoms with E-state index in [1.807, 2.05) is 30.3 Å². The van der Waals surface area contributed by atoms with E-state index in [1.165, 1.54) is 54.1 Å². The predicted molar refractivity (Wildman–Crippen MR) is 172 cm³/mol. The van der Waals surface area contributed by atoms with Gasteiger partial charge in [0, 0.05) is 29.4 Å². The molecule has 0 spiro atoms. The number of nitrogens with zero attached hydrogens (tertiary/aromatic N) is 2. The molecule has 3 aromatic heterocycles. The summed E-state index contributed by atoms with van der Waals surface area (Å²) in [4.78, 5) is 36.7. The second kappa shape index (κ2) is 12.3. The van der Waals surface area contributed by atoms with Crippen LogP contribution in [0, 0.1) is 17.2 Å². The van der Waals surface area contributed by atoms with Crippen LogP contribution in [0.4, 0.5) is 4.39 Å². The molecule has 6 rings (SSSR count). The van der Waals surface area contributed by atoms with Crippen LogP contribution in [0.1, 0.15) is 85.4 Å². The number of likely N-dealkylation sites (tertiary alicyclic amines) is 1. The van der Waals surface area contributed by atoms with Gasteiger partial charge >= 0.3 is 0 Å². The molecular formula is C35H41FN4O2S. The smallest absolute Gasteiger partial charge is 0.283 e. The molecule has 43 heavy (non-hydrogen) atoms. The Morgan fingerprint density at radius 3 is 2.60 bits per heavy atom. The zero-order chi connectivity index (χ0) is 30.1. The molecule has 1 saturated heterocycles. The molecule has 1 aliphatic heterocycles. The highest BCUT2D eigenvalue weighted by atomic mass is 32.1. The highest BCUT2D eigenvalue weighted by Gasteiger charge is 2.30. The number of aromatic nitrogens is 2. The molecular weight excluding hydrogens is 559 g/mol. The van der Waals surface area contributed by atoms with Crippen LogP contribution in [0.25, 0.3) is 21.3 Å². The molecule has 0 saturated carbocycles. The average Bonchev–Trinajstić information content (AvgIpc) is 3.42. The normalized spacial score (nSPS) is 18.4. The van der Waals surface area contributed by atoms with E-state index < -0.39 is 11.4 Å². The van der Waals surface area contributed by atoms with Crippen molar-refractivity contribution in [2.45, 2.75) is 71.8 Å². The second-order valence-electron chi connectivity index (χ2n) is 13.3. The summed E-state index contributed by atoms with van der Waals surface area (Å²) in [6, 6.07) is 13.2. The van der Waals surface area contributed by atoms with Crippen LogP contribution in [-0.2, 0) is 12.8 Å². The minimum Gasteiger partial charge on any atom is -0.344 e. The van der Waals surface area contributed by atoms with Crippen molar-refractivity contribution in [3.63, 3.8) is 0 Å². The molecule has 2 atom stereocenters. The predicted octanol–water partition coefficient (Wildman–Crippen LogP) is 7.29. The molecule has 1 fully saturated rings. The Morgan fingerprint density at radius 1 is 1.12 bits per heavy atom. The van der Waals surface area contributed by atoms with Gasteiger partial charge in [-0.25, -0.2) is 9.37 Å². The minimum absolute atomic E-state index is 0.0797. The van der Waals surface area contributed by atoms with Gasteiger partial charge in [-0.05, 0) is 97.8 Å². The maximum Gasteiger partial charge on any atom is 0.283 e. The van der Waals surface area contributed by atoms with E-state index in [2.05, 4.69) is 42.0 Å². The molecule has 0 unspecified atom stereocenters. The summed E-state index contributed by atoms with van der Waals surface area (Å²) in [5, 5.41) is 4.38. The lowest BCUT2D eigenvalue weighted by Gasteiger charge is -2.34. The summed E-state index contributed by atoms with van der Waals surface area (Å²) in [6.45, 7) is 10.1. The van der Waals surface area contributed by atoms with E-state index >= 15 is 0 Å². The summed E-state index contributed by atoms with van der Waals surface area (Å²) >= 11 is 1.47. The average molecular weight is 601 g/mol. The van der Waals surface area contributed by atoms with Gasteiger partial charge in [0.1, 0.15) is 4.83 Å². The van der Waals surface area contributed by atoms with Crippen molar-refractivity contribution in [3.05, 3.63) is 86.5 Å². The molecule has 2 N–H and O–H groups in total. The van der Waals surface area contributed by atoms with Gasteiger partial charge in [-0.1, -0.05) is 51.5 Å². The number of benzene rings is 1. The number of aryl methyl sites for hydroxylation is 1. The van der Waals surface area contributed by atoms with E-state index in [0.29, 0.717) is 16.4 Å². The Balaban J connectivity index is 1.22. The van der Waals surface area contributed by atoms with Gasteiger partial charge in [-0.2, -0.15) is 0 Å². The quantitative estimate of drug-likeness (QED) is 0.234. The first-order chi connectivity index (χ1) is 20.6. The van der Waals surface area contributed by atoms with Crippen LogP contribution in [-0.4, -0.2) is 40.4 Å². The number of carbonyl (C=O) groups excluding carboxylic acids is 1. The minimum atomic E-state index is -0.805. The number of H-pyrrole nitrogens is 1. The van der Waals surface area contributed by atoms with Crippen LogP contribution in [0.2, 0.25) is 0 Å². The third-order valence-electron chi connectivity index (χ3n) is 9.31. The summed E-state index contributed by atoms with van der Waals surface area (Å²) in [5.41, 5.74) is 4.45. The number of hydrogen-bond acceptors (Lipinski definition) is 5. The Morgan fingerprint density at radius 2 is 1.88 bits per heavy atom. The summed E-state index contributed by atoms with van der Waals surface area (Å²) < 4.78 is 13.9. The summed E-state index contributed by atoms with van der Waals surface area (Å²) in [7, 11) is 0. The van der Waals surface area contributed by atoms with Gasteiger partial charge < -0.3 is 15.2 Å². The SMILES string of the molecule is CC(C)(C)[C@H]1CCc2nc3sc(C(=O)N[C@H](CCN4CCCCC4)c4ccc(-c5c[nH]c(=O)c(F)c5)cc4)cc3cc2C1. The first-order valence-corrected chi connectivity index (χ1v) is 16.4. The van der Waals surface area contributed by atoms with Crippen molar-refractivity contribution in [2.24, 2.45) is 11.3 Å². The monoisotopic (exact) mass is 600 g/mol. The highest BCUT2D eigenvalue weighted by molar-refractivity contribution is 7.20. The van der Waals surface area contributed by atoms with Crippen LogP contribution < -0.4 is 10.9 Å². The van der Waals surface area contributed by atoms with Gasteiger partial charge in [0.25, 0.3) is 11.5 Å². The van der Waals surface area contributed by atoms with Crippen LogP contribution in [0.3, 0.4) is 0 Å². The summed E-state index contributed by atoms with van der Waals surface area (Å²) in [5.74, 6) is -0.249. The van der Waals surface area contributed by atoms with Gasteiger partial charge in [0.15, 0.2) is 5.82 Å². The van der Waals surface area contributed by atoms with Crippen molar-refractivity contribution >= 4 is 27.5 Å². The number of pyridine rings is 2. The molecule has 1 aromatic carbocycles. The van der Waals surface area contributed by atoms with Crippen molar-refractivity contribution in [1.82, 2.24) is 20.2 Å². The number of aromatic amines is 1. The largest absolute Gasteiger partial charge is 0.344 e. The van der Waals surface area contributed by atoms with E-state index in [4.69, 9.17) is 4.98 Å². The second-order valence-corrected chi connectivity index (χ2v) is 14.3. The number of hydrogen-bond donors (Lipinski definition) is 2.